The molecule has 0 aliphatic heterocycles. The van der Waals surface area contributed by atoms with Crippen LogP contribution >= 0.6 is 34.8 Å². The first-order chi connectivity index (χ1) is 18.0. The molecule has 0 saturated carbocycles. The molecule has 2 N–H and O–H groups in total. The number of amides is 1. The van der Waals surface area contributed by atoms with Crippen LogP contribution in [0.15, 0.2) is 42.5 Å². The maximum absolute atomic E-state index is 15.0. The summed E-state index contributed by atoms with van der Waals surface area (Å²) in [7, 11) is 0. The van der Waals surface area contributed by atoms with Crippen molar-refractivity contribution in [2.45, 2.75) is 32.1 Å². The molecular weight excluding hydrogens is 600 g/mol. The number of allylic oxidation sites excluding steroid dienone is 1. The predicted octanol–water partition coefficient (Wildman–Crippen LogP) is 8.49. The molecule has 3 aromatic rings. The Morgan fingerprint density at radius 3 is 2.00 bits per heavy atom. The lowest BCUT2D eigenvalue weighted by Crippen LogP contribution is -2.32. The largest absolute Gasteiger partial charge is 0.417 e. The molecule has 0 aliphatic carbocycles. The number of rotatable bonds is 6. The van der Waals surface area contributed by atoms with Crippen molar-refractivity contribution < 1.29 is 35.5 Å². The first-order valence-corrected chi connectivity index (χ1v) is 11.8. The zero-order chi connectivity index (χ0) is 29.3. The van der Waals surface area contributed by atoms with Gasteiger partial charge >= 0.3 is 12.4 Å². The number of aryl methyl sites for hydroxylation is 2. The predicted molar refractivity (Wildman–Crippen MR) is 133 cm³/mol. The number of halogens is 10. The molecule has 1 aromatic heterocycles. The van der Waals surface area contributed by atoms with Crippen LogP contribution in [0, 0.1) is 13.8 Å². The molecule has 208 valence electrons. The van der Waals surface area contributed by atoms with Crippen LogP contribution in [0.5, 0.6) is 0 Å². The molecule has 39 heavy (non-hydrogen) atoms. The van der Waals surface area contributed by atoms with E-state index in [1.54, 1.807) is 19.9 Å². The Morgan fingerprint density at radius 2 is 1.49 bits per heavy atom. The number of anilines is 1. The van der Waals surface area contributed by atoms with Crippen molar-refractivity contribution in [1.29, 1.82) is 0 Å². The Hall–Kier alpha value is -3.09. The third-order valence-corrected chi connectivity index (χ3v) is 6.34. The molecule has 0 fully saturated rings. The Balaban J connectivity index is 1.98. The van der Waals surface area contributed by atoms with E-state index in [-0.39, 0.29) is 33.2 Å². The highest BCUT2D eigenvalue weighted by atomic mass is 35.5. The number of carbonyl (C=O) groups is 1. The molecular formula is C24H16Cl3F7N4O. The summed E-state index contributed by atoms with van der Waals surface area (Å²) in [6, 6.07) is 4.85. The monoisotopic (exact) mass is 614 g/mol. The van der Waals surface area contributed by atoms with Crippen molar-refractivity contribution in [2.24, 2.45) is 0 Å². The van der Waals surface area contributed by atoms with Crippen LogP contribution in [-0.4, -0.2) is 22.1 Å². The summed E-state index contributed by atoms with van der Waals surface area (Å²) in [5.74, 6) is -5.65. The number of alkyl halides is 6. The molecule has 1 unspecified atom stereocenters. The van der Waals surface area contributed by atoms with Crippen molar-refractivity contribution >= 4 is 52.5 Å². The third kappa shape index (κ3) is 7.52. The SMILES string of the molecule is Cc1cc(C)nc(NNC(=O)c2ccc(/C(F)=C/C(c3cc(Cl)c(Cl)c(Cl)c3)C(F)(F)F)cc2C(F)(F)F)n1. The molecule has 3 rings (SSSR count). The summed E-state index contributed by atoms with van der Waals surface area (Å²) in [5.41, 5.74) is 1.35. The minimum absolute atomic E-state index is 0.0735. The summed E-state index contributed by atoms with van der Waals surface area (Å²) >= 11 is 17.3. The van der Waals surface area contributed by atoms with Gasteiger partial charge in [-0.2, -0.15) is 26.3 Å². The molecule has 0 saturated heterocycles. The van der Waals surface area contributed by atoms with Crippen LogP contribution in [0.25, 0.3) is 5.83 Å². The van der Waals surface area contributed by atoms with Gasteiger partial charge in [-0.15, -0.1) is 0 Å². The zero-order valence-electron chi connectivity index (χ0n) is 19.7. The Morgan fingerprint density at radius 1 is 0.923 bits per heavy atom. The number of carbonyl (C=O) groups excluding carboxylic acids is 1. The third-order valence-electron chi connectivity index (χ3n) is 5.15. The van der Waals surface area contributed by atoms with Gasteiger partial charge in [0.05, 0.1) is 26.2 Å². The van der Waals surface area contributed by atoms with Gasteiger partial charge in [-0.25, -0.2) is 14.4 Å². The highest BCUT2D eigenvalue weighted by molar-refractivity contribution is 6.48. The smallest absolute Gasteiger partial charge is 0.267 e. The van der Waals surface area contributed by atoms with Gasteiger partial charge in [-0.3, -0.25) is 15.6 Å². The number of hydrogen-bond acceptors (Lipinski definition) is 4. The first kappa shape index (κ1) is 30.5. The summed E-state index contributed by atoms with van der Waals surface area (Å²) in [4.78, 5) is 20.4. The number of hydrazine groups is 1. The summed E-state index contributed by atoms with van der Waals surface area (Å²) in [6.45, 7) is 3.26. The maximum atomic E-state index is 15.0. The minimum Gasteiger partial charge on any atom is -0.267 e. The Labute approximate surface area is 232 Å². The molecule has 2 aromatic carbocycles. The lowest BCUT2D eigenvalue weighted by atomic mass is 9.95. The van der Waals surface area contributed by atoms with Crippen LogP contribution in [0.1, 0.15) is 44.4 Å². The fourth-order valence-corrected chi connectivity index (χ4v) is 4.08. The second kappa shape index (κ2) is 11.6. The summed E-state index contributed by atoms with van der Waals surface area (Å²) in [5, 5.41) is -0.900. The summed E-state index contributed by atoms with van der Waals surface area (Å²) in [6.07, 6.45) is -10.2. The topological polar surface area (TPSA) is 66.9 Å². The van der Waals surface area contributed by atoms with E-state index in [0.29, 0.717) is 17.5 Å². The van der Waals surface area contributed by atoms with E-state index in [1.165, 1.54) is 0 Å². The van der Waals surface area contributed by atoms with E-state index in [0.717, 1.165) is 18.2 Å². The van der Waals surface area contributed by atoms with Gasteiger partial charge in [0.25, 0.3) is 5.91 Å². The van der Waals surface area contributed by atoms with Gasteiger partial charge in [0.15, 0.2) is 0 Å². The molecule has 1 heterocycles. The van der Waals surface area contributed by atoms with E-state index in [4.69, 9.17) is 34.8 Å². The highest BCUT2D eigenvalue weighted by Gasteiger charge is 2.41. The number of nitrogens with zero attached hydrogens (tertiary/aromatic N) is 2. The standard InChI is InChI=1S/C24H16Cl3F7N4O/c1-10-5-11(2)36-22(35-10)38-37-21(39)14-4-3-12(6-16(14)24(32,33)34)19(28)9-15(23(29,30)31)13-7-17(25)20(27)18(26)8-13/h3-9,15H,1-2H3,(H,37,39)(H,35,36,38)/b19-9-. The molecule has 0 aliphatic rings. The van der Waals surface area contributed by atoms with Crippen molar-refractivity contribution in [2.75, 3.05) is 5.43 Å². The quantitative estimate of drug-likeness (QED) is 0.166. The minimum atomic E-state index is -5.17. The molecule has 1 amide bonds. The molecule has 1 atom stereocenters. The summed E-state index contributed by atoms with van der Waals surface area (Å²) < 4.78 is 97.7. The second-order valence-corrected chi connectivity index (χ2v) is 9.34. The van der Waals surface area contributed by atoms with Gasteiger partial charge < -0.3 is 0 Å². The lowest BCUT2D eigenvalue weighted by molar-refractivity contribution is -0.140. The van der Waals surface area contributed by atoms with Crippen molar-refractivity contribution in [3.05, 3.63) is 91.2 Å². The molecule has 15 heteroatoms. The van der Waals surface area contributed by atoms with Gasteiger partial charge in [0.1, 0.15) is 11.7 Å². The van der Waals surface area contributed by atoms with Crippen LogP contribution in [0.2, 0.25) is 15.1 Å². The van der Waals surface area contributed by atoms with E-state index in [1.807, 2.05) is 5.43 Å². The Bertz CT molecular complexity index is 1400. The maximum Gasteiger partial charge on any atom is 0.417 e. The Kier molecular flexibility index (Phi) is 9.03. The average molecular weight is 616 g/mol. The molecule has 5 nitrogen and oxygen atoms in total. The van der Waals surface area contributed by atoms with E-state index in [2.05, 4.69) is 15.4 Å². The number of aromatic nitrogens is 2. The average Bonchev–Trinajstić information content (AvgIpc) is 2.81. The van der Waals surface area contributed by atoms with Gasteiger partial charge in [-0.05, 0) is 55.8 Å². The molecule has 0 spiro atoms. The molecule has 0 bridgehead atoms. The van der Waals surface area contributed by atoms with Crippen LogP contribution in [0.3, 0.4) is 0 Å². The van der Waals surface area contributed by atoms with Gasteiger partial charge in [0.2, 0.25) is 5.95 Å². The van der Waals surface area contributed by atoms with Crippen molar-refractivity contribution in [1.82, 2.24) is 15.4 Å². The first-order valence-electron chi connectivity index (χ1n) is 10.7. The number of hydrogen-bond donors (Lipinski definition) is 2. The fraction of sp³-hybridized carbons (Fsp3) is 0.208. The van der Waals surface area contributed by atoms with Crippen LogP contribution in [-0.2, 0) is 6.18 Å². The second-order valence-electron chi connectivity index (χ2n) is 8.14. The highest BCUT2D eigenvalue weighted by Crippen LogP contribution is 2.42. The van der Waals surface area contributed by atoms with Crippen LogP contribution in [0.4, 0.5) is 36.7 Å². The van der Waals surface area contributed by atoms with Crippen LogP contribution < -0.4 is 10.9 Å². The van der Waals surface area contributed by atoms with Crippen molar-refractivity contribution in [3.63, 3.8) is 0 Å². The van der Waals surface area contributed by atoms with E-state index >= 15 is 0 Å². The number of nitrogens with one attached hydrogen (secondary N) is 2. The van der Waals surface area contributed by atoms with E-state index < -0.39 is 52.3 Å². The van der Waals surface area contributed by atoms with Crippen molar-refractivity contribution in [3.8, 4) is 0 Å². The van der Waals surface area contributed by atoms with Gasteiger partial charge in [0, 0.05) is 17.0 Å². The zero-order valence-corrected chi connectivity index (χ0v) is 22.0. The molecule has 0 radical (unpaired) electrons. The lowest BCUT2D eigenvalue weighted by Gasteiger charge is -2.19. The van der Waals surface area contributed by atoms with Gasteiger partial charge in [-0.1, -0.05) is 40.9 Å². The van der Waals surface area contributed by atoms with E-state index in [9.17, 15) is 35.5 Å². The number of benzene rings is 2. The fourth-order valence-electron chi connectivity index (χ4n) is 3.46. The normalized spacial score (nSPS) is 13.3.